The Morgan fingerprint density at radius 1 is 1.03 bits per heavy atom. The summed E-state index contributed by atoms with van der Waals surface area (Å²) in [5, 5.41) is 23.8. The number of nitrogens with zero attached hydrogens (tertiary/aromatic N) is 4. The van der Waals surface area contributed by atoms with E-state index in [0.29, 0.717) is 29.0 Å². The number of nitrogens with one attached hydrogen (secondary N) is 1. The van der Waals surface area contributed by atoms with Crippen molar-refractivity contribution in [3.05, 3.63) is 42.2 Å². The van der Waals surface area contributed by atoms with Crippen molar-refractivity contribution >= 4 is 16.6 Å². The van der Waals surface area contributed by atoms with Gasteiger partial charge in [0.1, 0.15) is 11.4 Å². The normalized spacial score (nSPS) is 20.3. The predicted octanol–water partition coefficient (Wildman–Crippen LogP) is 4.85. The number of fused-ring (bicyclic) bond motifs is 1. The molecule has 0 bridgehead atoms. The van der Waals surface area contributed by atoms with Crippen molar-refractivity contribution in [1.29, 1.82) is 0 Å². The van der Waals surface area contributed by atoms with Crippen LogP contribution in [0.25, 0.3) is 22.0 Å². The van der Waals surface area contributed by atoms with Crippen LogP contribution in [-0.4, -0.2) is 50.4 Å². The van der Waals surface area contributed by atoms with Crippen LogP contribution in [0.2, 0.25) is 0 Å². The molecule has 1 aliphatic heterocycles. The molecule has 0 radical (unpaired) electrons. The van der Waals surface area contributed by atoms with E-state index >= 15 is 0 Å². The Kier molecular flexibility index (Phi) is 5.36. The van der Waals surface area contributed by atoms with Crippen LogP contribution < -0.4 is 5.32 Å². The summed E-state index contributed by atoms with van der Waals surface area (Å²) in [4.78, 5) is 6.76. The number of anilines is 1. The second-order valence-electron chi connectivity index (χ2n) is 8.61. The van der Waals surface area contributed by atoms with Gasteiger partial charge < -0.3 is 10.4 Å². The zero-order valence-corrected chi connectivity index (χ0v) is 17.4. The van der Waals surface area contributed by atoms with E-state index in [1.807, 2.05) is 0 Å². The van der Waals surface area contributed by atoms with Gasteiger partial charge in [-0.15, -0.1) is 10.2 Å². The van der Waals surface area contributed by atoms with Crippen LogP contribution in [0.1, 0.15) is 37.7 Å². The average molecular weight is 443 g/mol. The first-order chi connectivity index (χ1) is 15.4. The van der Waals surface area contributed by atoms with E-state index in [1.54, 1.807) is 18.5 Å². The van der Waals surface area contributed by atoms with Crippen LogP contribution in [0.3, 0.4) is 0 Å². The number of aromatic hydroxyl groups is 1. The largest absolute Gasteiger partial charge is 0.507 e. The van der Waals surface area contributed by atoms with Crippen LogP contribution in [0.5, 0.6) is 5.75 Å². The predicted molar refractivity (Wildman–Crippen MR) is 115 cm³/mol. The van der Waals surface area contributed by atoms with Crippen LogP contribution in [0.15, 0.2) is 36.7 Å². The average Bonchev–Trinajstić information content (AvgIpc) is 2.73. The molecule has 3 aromatic rings. The molecule has 1 aromatic carbocycles. The number of benzene rings is 1. The molecule has 6 nitrogen and oxygen atoms in total. The molecule has 168 valence electrons. The number of halogens is 3. The third-order valence-corrected chi connectivity index (χ3v) is 6.55. The first-order valence-electron chi connectivity index (χ1n) is 10.9. The number of rotatable bonds is 4. The van der Waals surface area contributed by atoms with Crippen molar-refractivity contribution in [2.45, 2.75) is 50.4 Å². The van der Waals surface area contributed by atoms with Crippen molar-refractivity contribution in [3.8, 4) is 17.0 Å². The molecular weight excluding hydrogens is 419 g/mol. The molecule has 1 saturated carbocycles. The highest BCUT2D eigenvalue weighted by atomic mass is 19.4. The van der Waals surface area contributed by atoms with Gasteiger partial charge in [0.2, 0.25) is 0 Å². The van der Waals surface area contributed by atoms with E-state index in [-0.39, 0.29) is 11.6 Å². The number of hydrogen-bond acceptors (Lipinski definition) is 6. The van der Waals surface area contributed by atoms with Crippen molar-refractivity contribution < 1.29 is 18.3 Å². The molecule has 5 rings (SSSR count). The fourth-order valence-corrected chi connectivity index (χ4v) is 4.61. The van der Waals surface area contributed by atoms with Gasteiger partial charge in [-0.3, -0.25) is 9.88 Å². The molecule has 0 unspecified atom stereocenters. The third kappa shape index (κ3) is 3.97. The maximum Gasteiger partial charge on any atom is 0.416 e. The summed E-state index contributed by atoms with van der Waals surface area (Å²) in [6.07, 6.45) is 4.73. The van der Waals surface area contributed by atoms with Crippen LogP contribution in [0, 0.1) is 0 Å². The fourth-order valence-electron chi connectivity index (χ4n) is 4.61. The molecule has 0 spiro atoms. The zero-order chi connectivity index (χ0) is 22.3. The Bertz CT molecular complexity index is 1130. The lowest BCUT2D eigenvalue weighted by molar-refractivity contribution is -0.137. The summed E-state index contributed by atoms with van der Waals surface area (Å²) in [5.74, 6) is 0.111. The molecule has 1 aliphatic carbocycles. The Labute approximate surface area is 183 Å². The molecule has 32 heavy (non-hydrogen) atoms. The van der Waals surface area contributed by atoms with E-state index in [9.17, 15) is 18.3 Å². The monoisotopic (exact) mass is 443 g/mol. The number of piperidine rings is 1. The summed E-state index contributed by atoms with van der Waals surface area (Å²) in [6.45, 7) is 2.08. The molecule has 1 saturated heterocycles. The third-order valence-electron chi connectivity index (χ3n) is 6.55. The molecule has 2 N–H and O–H groups in total. The van der Waals surface area contributed by atoms with Gasteiger partial charge in [0.15, 0.2) is 5.82 Å². The number of hydrogen-bond donors (Lipinski definition) is 2. The number of phenolic OH excluding ortho intramolecular Hbond substituents is 1. The number of likely N-dealkylation sites (tertiary alicyclic amines) is 1. The van der Waals surface area contributed by atoms with Crippen LogP contribution in [0.4, 0.5) is 19.0 Å². The minimum atomic E-state index is -4.53. The molecular formula is C23H24F3N5O. The maximum absolute atomic E-state index is 13.0. The van der Waals surface area contributed by atoms with Gasteiger partial charge in [-0.2, -0.15) is 13.2 Å². The van der Waals surface area contributed by atoms with Gasteiger partial charge in [-0.05, 0) is 56.5 Å². The number of aromatic nitrogens is 3. The molecule has 2 aromatic heterocycles. The van der Waals surface area contributed by atoms with E-state index in [1.165, 1.54) is 25.3 Å². The second-order valence-corrected chi connectivity index (χ2v) is 8.61. The molecule has 1 atom stereocenters. The Morgan fingerprint density at radius 2 is 1.88 bits per heavy atom. The van der Waals surface area contributed by atoms with E-state index in [4.69, 9.17) is 0 Å². The van der Waals surface area contributed by atoms with Crippen LogP contribution in [-0.2, 0) is 6.18 Å². The summed E-state index contributed by atoms with van der Waals surface area (Å²) in [5.41, 5.74) is -0.398. The lowest BCUT2D eigenvalue weighted by atomic mass is 9.89. The van der Waals surface area contributed by atoms with E-state index in [0.717, 1.165) is 37.4 Å². The lowest BCUT2D eigenvalue weighted by Gasteiger charge is -2.42. The smallest absolute Gasteiger partial charge is 0.416 e. The second kappa shape index (κ2) is 8.20. The van der Waals surface area contributed by atoms with Gasteiger partial charge >= 0.3 is 6.18 Å². The first-order valence-corrected chi connectivity index (χ1v) is 10.9. The van der Waals surface area contributed by atoms with Crippen molar-refractivity contribution in [3.63, 3.8) is 0 Å². The van der Waals surface area contributed by atoms with Gasteiger partial charge in [0.25, 0.3) is 0 Å². The number of phenols is 1. The van der Waals surface area contributed by atoms with Crippen molar-refractivity contribution in [2.75, 3.05) is 18.4 Å². The summed E-state index contributed by atoms with van der Waals surface area (Å²) >= 11 is 0. The Balaban J connectivity index is 1.46. The van der Waals surface area contributed by atoms with Gasteiger partial charge in [0, 0.05) is 47.4 Å². The van der Waals surface area contributed by atoms with E-state index < -0.39 is 17.5 Å². The SMILES string of the molecule is Oc1cc(C(F)(F)F)ccc1-c1nnc(N[C@@H]2CCCN(C3CCC3)C2)c2cnccc12. The molecule has 3 heterocycles. The van der Waals surface area contributed by atoms with Crippen molar-refractivity contribution in [1.82, 2.24) is 20.1 Å². The molecule has 2 fully saturated rings. The lowest BCUT2D eigenvalue weighted by Crippen LogP contribution is -2.49. The molecule has 9 heteroatoms. The van der Waals surface area contributed by atoms with Gasteiger partial charge in [-0.1, -0.05) is 6.42 Å². The van der Waals surface area contributed by atoms with Gasteiger partial charge in [0.05, 0.1) is 5.56 Å². The fraction of sp³-hybridized carbons (Fsp3) is 0.435. The maximum atomic E-state index is 13.0. The topological polar surface area (TPSA) is 74.2 Å². The highest BCUT2D eigenvalue weighted by Crippen LogP contribution is 2.38. The molecule has 0 amide bonds. The summed E-state index contributed by atoms with van der Waals surface area (Å²) < 4.78 is 38.9. The molecule has 2 aliphatic rings. The minimum Gasteiger partial charge on any atom is -0.507 e. The number of pyridine rings is 1. The van der Waals surface area contributed by atoms with Crippen LogP contribution >= 0.6 is 0 Å². The van der Waals surface area contributed by atoms with E-state index in [2.05, 4.69) is 25.4 Å². The highest BCUT2D eigenvalue weighted by Gasteiger charge is 2.32. The summed E-state index contributed by atoms with van der Waals surface area (Å²) in [6, 6.07) is 5.55. The first kappa shape index (κ1) is 20.9. The van der Waals surface area contributed by atoms with Crippen molar-refractivity contribution in [2.24, 2.45) is 0 Å². The quantitative estimate of drug-likeness (QED) is 0.601. The highest BCUT2D eigenvalue weighted by molar-refractivity contribution is 6.00. The minimum absolute atomic E-state index is 0.196. The standard InChI is InChI=1S/C23H24F3N5O/c24-23(25,26)14-6-7-18(20(32)11-14)21-17-8-9-27-12-19(17)22(30-29-21)28-15-3-2-10-31(13-15)16-4-1-5-16/h6-9,11-12,15-16,32H,1-5,10,13H2,(H,28,30)/t15-/m1/s1. The zero-order valence-electron chi connectivity index (χ0n) is 17.4. The number of alkyl halides is 3. The summed E-state index contributed by atoms with van der Waals surface area (Å²) in [7, 11) is 0. The Morgan fingerprint density at radius 3 is 2.59 bits per heavy atom. The van der Waals surface area contributed by atoms with Gasteiger partial charge in [-0.25, -0.2) is 0 Å². The Hall–Kier alpha value is -2.94.